The number of fused-ring (bicyclic) bond motifs is 2. The van der Waals surface area contributed by atoms with Crippen LogP contribution in [0.4, 0.5) is 0 Å². The van der Waals surface area contributed by atoms with E-state index in [9.17, 15) is 19.5 Å². The standard InChI is InChI=1S/C27H40N2O6/c1-5-8-14-28-15-11-13-27-20(21-25(33)34-16-10-9-12-26(21,7-3)35-27)23(31)29(22(27)24(28)32)19(17-30)18(4)6-2/h9,11-13,18-22,30H,5-8,10,14-17H2,1-4H3/t18-,19-,20-,21+,22?,26-,27-/m0/s1. The monoisotopic (exact) mass is 488 g/mol. The van der Waals surface area contributed by atoms with Crippen molar-refractivity contribution in [3.63, 3.8) is 0 Å². The number of amides is 2. The Hall–Kier alpha value is -2.19. The predicted octanol–water partition coefficient (Wildman–Crippen LogP) is 2.46. The number of aliphatic hydroxyl groups excluding tert-OH is 1. The average Bonchev–Trinajstić information content (AvgIpc) is 3.20. The highest BCUT2D eigenvalue weighted by Gasteiger charge is 2.76. The van der Waals surface area contributed by atoms with Crippen LogP contribution in [0.25, 0.3) is 0 Å². The summed E-state index contributed by atoms with van der Waals surface area (Å²) in [5, 5.41) is 10.4. The van der Waals surface area contributed by atoms with E-state index in [2.05, 4.69) is 6.92 Å². The second-order valence-corrected chi connectivity index (χ2v) is 10.4. The van der Waals surface area contributed by atoms with Crippen molar-refractivity contribution in [2.75, 3.05) is 26.3 Å². The molecule has 0 radical (unpaired) electrons. The molecule has 4 rings (SSSR count). The van der Waals surface area contributed by atoms with E-state index < -0.39 is 41.1 Å². The zero-order chi connectivity index (χ0) is 25.4. The van der Waals surface area contributed by atoms with Crippen molar-refractivity contribution in [1.82, 2.24) is 9.80 Å². The molecule has 8 heteroatoms. The van der Waals surface area contributed by atoms with E-state index in [1.807, 2.05) is 45.1 Å². The fraction of sp³-hybridized carbons (Fsp3) is 0.741. The first kappa shape index (κ1) is 25.9. The summed E-state index contributed by atoms with van der Waals surface area (Å²) >= 11 is 0. The SMILES string of the molecule is CCCCN1CC=C[C@]23O[C@@]4(CC)C=CCCOC(=O)[C@H]4[C@H]2C(=O)N([C@@H](CO)[C@@H](C)CC)C3C1=O. The van der Waals surface area contributed by atoms with E-state index in [4.69, 9.17) is 9.47 Å². The number of ether oxygens (including phenoxy) is 2. The number of hydrogen-bond acceptors (Lipinski definition) is 6. The Morgan fingerprint density at radius 2 is 1.89 bits per heavy atom. The Bertz CT molecular complexity index is 902. The smallest absolute Gasteiger partial charge is 0.313 e. The van der Waals surface area contributed by atoms with Crippen molar-refractivity contribution in [2.24, 2.45) is 17.8 Å². The van der Waals surface area contributed by atoms with Gasteiger partial charge in [-0.1, -0.05) is 64.8 Å². The molecule has 0 aromatic heterocycles. The zero-order valence-corrected chi connectivity index (χ0v) is 21.4. The summed E-state index contributed by atoms with van der Waals surface area (Å²) in [5.74, 6) is -2.74. The molecule has 1 N–H and O–H groups in total. The number of hydrogen-bond donors (Lipinski definition) is 1. The molecule has 2 fully saturated rings. The number of aliphatic hydroxyl groups is 1. The van der Waals surface area contributed by atoms with Crippen LogP contribution in [0, 0.1) is 17.8 Å². The molecule has 1 unspecified atom stereocenters. The number of carbonyl (C=O) groups excluding carboxylic acids is 3. The maximum atomic E-state index is 14.3. The van der Waals surface area contributed by atoms with Crippen molar-refractivity contribution in [3.05, 3.63) is 24.3 Å². The lowest BCUT2D eigenvalue weighted by Gasteiger charge is -2.42. The summed E-state index contributed by atoms with van der Waals surface area (Å²) in [6.45, 7) is 8.98. The topological polar surface area (TPSA) is 96.4 Å². The fourth-order valence-corrected chi connectivity index (χ4v) is 6.44. The molecule has 0 bridgehead atoms. The van der Waals surface area contributed by atoms with Crippen LogP contribution < -0.4 is 0 Å². The number of rotatable bonds is 8. The molecule has 2 saturated heterocycles. The van der Waals surface area contributed by atoms with Gasteiger partial charge in [0.25, 0.3) is 0 Å². The highest BCUT2D eigenvalue weighted by molar-refractivity contribution is 5.99. The van der Waals surface area contributed by atoms with Gasteiger partial charge in [-0.2, -0.15) is 0 Å². The lowest BCUT2D eigenvalue weighted by atomic mass is 9.73. The minimum Gasteiger partial charge on any atom is -0.465 e. The molecule has 35 heavy (non-hydrogen) atoms. The number of unbranched alkanes of at least 4 members (excludes halogenated alkanes) is 1. The third-order valence-corrected chi connectivity index (χ3v) is 8.55. The van der Waals surface area contributed by atoms with Crippen LogP contribution in [0.5, 0.6) is 0 Å². The van der Waals surface area contributed by atoms with Crippen LogP contribution in [-0.4, -0.2) is 82.3 Å². The van der Waals surface area contributed by atoms with E-state index in [1.54, 1.807) is 9.80 Å². The van der Waals surface area contributed by atoms with Gasteiger partial charge >= 0.3 is 5.97 Å². The normalized spacial score (nSPS) is 36.1. The molecular weight excluding hydrogens is 448 g/mol. The predicted molar refractivity (Wildman–Crippen MR) is 130 cm³/mol. The van der Waals surface area contributed by atoms with Crippen LogP contribution in [0.1, 0.15) is 59.8 Å². The van der Waals surface area contributed by atoms with Crippen molar-refractivity contribution in [2.45, 2.75) is 83.1 Å². The second kappa shape index (κ2) is 10.1. The number of carbonyl (C=O) groups is 3. The van der Waals surface area contributed by atoms with E-state index in [-0.39, 0.29) is 30.9 Å². The molecule has 1 spiro atoms. The van der Waals surface area contributed by atoms with E-state index >= 15 is 0 Å². The Morgan fingerprint density at radius 3 is 2.54 bits per heavy atom. The first-order valence-corrected chi connectivity index (χ1v) is 13.3. The Balaban J connectivity index is 1.90. The Kier molecular flexibility index (Phi) is 7.44. The number of nitrogens with zero attached hydrogens (tertiary/aromatic N) is 2. The van der Waals surface area contributed by atoms with Crippen LogP contribution in [0.2, 0.25) is 0 Å². The van der Waals surface area contributed by atoms with Gasteiger partial charge in [-0.15, -0.1) is 0 Å². The maximum Gasteiger partial charge on any atom is 0.313 e. The number of likely N-dealkylation sites (tertiary alicyclic amines) is 1. The maximum absolute atomic E-state index is 14.3. The van der Waals surface area contributed by atoms with Crippen molar-refractivity contribution in [1.29, 1.82) is 0 Å². The third-order valence-electron chi connectivity index (χ3n) is 8.55. The van der Waals surface area contributed by atoms with Crippen LogP contribution in [-0.2, 0) is 23.9 Å². The second-order valence-electron chi connectivity index (χ2n) is 10.4. The summed E-state index contributed by atoms with van der Waals surface area (Å²) in [6, 6.07) is -1.50. The van der Waals surface area contributed by atoms with E-state index in [0.29, 0.717) is 25.9 Å². The highest BCUT2D eigenvalue weighted by atomic mass is 16.6. The molecule has 0 aromatic rings. The van der Waals surface area contributed by atoms with Gasteiger partial charge in [0, 0.05) is 13.1 Å². The van der Waals surface area contributed by atoms with Crippen LogP contribution >= 0.6 is 0 Å². The Morgan fingerprint density at radius 1 is 1.11 bits per heavy atom. The summed E-state index contributed by atoms with van der Waals surface area (Å²) in [7, 11) is 0. The molecule has 2 amide bonds. The molecule has 7 atom stereocenters. The van der Waals surface area contributed by atoms with Gasteiger partial charge in [0.2, 0.25) is 11.8 Å². The summed E-state index contributed by atoms with van der Waals surface area (Å²) in [4.78, 5) is 45.2. The lowest BCUT2D eigenvalue weighted by Crippen LogP contribution is -2.60. The highest BCUT2D eigenvalue weighted by Crippen LogP contribution is 2.58. The first-order valence-electron chi connectivity index (χ1n) is 13.3. The molecule has 4 heterocycles. The van der Waals surface area contributed by atoms with Gasteiger partial charge in [-0.05, 0) is 25.2 Å². The lowest BCUT2D eigenvalue weighted by molar-refractivity contribution is -0.164. The van der Waals surface area contributed by atoms with Crippen molar-refractivity contribution < 1.29 is 29.0 Å². The van der Waals surface area contributed by atoms with Gasteiger partial charge in [0.05, 0.1) is 25.2 Å². The number of esters is 1. The number of cyclic esters (lactones) is 1. The molecule has 0 aliphatic carbocycles. The largest absolute Gasteiger partial charge is 0.465 e. The minimum absolute atomic E-state index is 0.0379. The summed E-state index contributed by atoms with van der Waals surface area (Å²) in [6.07, 6.45) is 11.2. The van der Waals surface area contributed by atoms with Gasteiger partial charge in [0.15, 0.2) is 0 Å². The van der Waals surface area contributed by atoms with Crippen LogP contribution in [0.15, 0.2) is 24.3 Å². The molecule has 194 valence electrons. The molecule has 0 aromatic carbocycles. The first-order chi connectivity index (χ1) is 16.8. The molecule has 0 saturated carbocycles. The third kappa shape index (κ3) is 3.93. The Labute approximate surface area is 208 Å². The average molecular weight is 489 g/mol. The summed E-state index contributed by atoms with van der Waals surface area (Å²) < 4.78 is 12.4. The zero-order valence-electron chi connectivity index (χ0n) is 21.4. The van der Waals surface area contributed by atoms with Crippen molar-refractivity contribution in [3.8, 4) is 0 Å². The van der Waals surface area contributed by atoms with Gasteiger partial charge in [0.1, 0.15) is 23.2 Å². The summed E-state index contributed by atoms with van der Waals surface area (Å²) in [5.41, 5.74) is -2.33. The van der Waals surface area contributed by atoms with Gasteiger partial charge in [-0.25, -0.2) is 0 Å². The molecule has 4 aliphatic heterocycles. The quantitative estimate of drug-likeness (QED) is 0.417. The fourth-order valence-electron chi connectivity index (χ4n) is 6.44. The molecular formula is C27H40N2O6. The van der Waals surface area contributed by atoms with E-state index in [0.717, 1.165) is 19.3 Å². The van der Waals surface area contributed by atoms with Gasteiger partial charge in [-0.3, -0.25) is 14.4 Å². The van der Waals surface area contributed by atoms with Crippen molar-refractivity contribution >= 4 is 17.8 Å². The minimum atomic E-state index is -1.30. The van der Waals surface area contributed by atoms with Gasteiger partial charge < -0.3 is 24.4 Å². The van der Waals surface area contributed by atoms with Crippen LogP contribution in [0.3, 0.4) is 0 Å². The molecule has 4 aliphatic rings. The van der Waals surface area contributed by atoms with E-state index in [1.165, 1.54) is 0 Å². The molecule has 8 nitrogen and oxygen atoms in total.